The number of hydrogen-bond acceptors (Lipinski definition) is 3. The van der Waals surface area contributed by atoms with Crippen LogP contribution >= 0.6 is 31.9 Å². The van der Waals surface area contributed by atoms with E-state index in [4.69, 9.17) is 0 Å². The number of rotatable bonds is 4. The fourth-order valence-corrected chi connectivity index (χ4v) is 3.83. The van der Waals surface area contributed by atoms with Crippen molar-refractivity contribution in [1.29, 1.82) is 0 Å². The summed E-state index contributed by atoms with van der Waals surface area (Å²) in [7, 11) is 6.47. The summed E-state index contributed by atoms with van der Waals surface area (Å²) in [6, 6.07) is 2.04. The van der Waals surface area contributed by atoms with Crippen molar-refractivity contribution in [2.45, 2.75) is 24.8 Å². The van der Waals surface area contributed by atoms with Crippen LogP contribution in [0.1, 0.15) is 19.3 Å². The van der Waals surface area contributed by atoms with Crippen LogP contribution in [0.3, 0.4) is 0 Å². The Bertz CT molecular complexity index is 430. The van der Waals surface area contributed by atoms with Crippen LogP contribution in [0.4, 0.5) is 5.82 Å². The van der Waals surface area contributed by atoms with Crippen LogP contribution in [-0.2, 0) is 0 Å². The molecule has 1 aliphatic carbocycles. The van der Waals surface area contributed by atoms with E-state index in [2.05, 4.69) is 67.8 Å². The minimum absolute atomic E-state index is 0.322. The quantitative estimate of drug-likeness (QED) is 0.801. The van der Waals surface area contributed by atoms with Crippen molar-refractivity contribution in [1.82, 2.24) is 9.88 Å². The van der Waals surface area contributed by atoms with Gasteiger partial charge in [0.15, 0.2) is 0 Å². The Morgan fingerprint density at radius 1 is 1.28 bits per heavy atom. The third kappa shape index (κ3) is 2.73. The van der Waals surface area contributed by atoms with Gasteiger partial charge in [0.05, 0.1) is 4.47 Å². The lowest BCUT2D eigenvalue weighted by Gasteiger charge is -2.49. The summed E-state index contributed by atoms with van der Waals surface area (Å²) in [6.45, 7) is 1.02. The molecule has 3 nitrogen and oxygen atoms in total. The molecule has 1 aromatic rings. The number of anilines is 1. The molecule has 1 saturated carbocycles. The van der Waals surface area contributed by atoms with Gasteiger partial charge in [0.25, 0.3) is 0 Å². The molecule has 1 fully saturated rings. The molecule has 2 rings (SSSR count). The lowest BCUT2D eigenvalue weighted by Crippen LogP contribution is -2.56. The number of pyridine rings is 1. The predicted octanol–water partition coefficient (Wildman–Crippen LogP) is 3.53. The second-order valence-corrected chi connectivity index (χ2v) is 7.06. The summed E-state index contributed by atoms with van der Waals surface area (Å²) < 4.78 is 2.03. The van der Waals surface area contributed by atoms with Gasteiger partial charge in [-0.15, -0.1) is 0 Å². The van der Waals surface area contributed by atoms with E-state index in [1.165, 1.54) is 19.3 Å². The van der Waals surface area contributed by atoms with Gasteiger partial charge in [0.1, 0.15) is 5.82 Å². The van der Waals surface area contributed by atoms with E-state index in [1.807, 2.05) is 12.3 Å². The zero-order chi connectivity index (χ0) is 13.3. The molecule has 0 bridgehead atoms. The number of halogens is 2. The molecule has 0 spiro atoms. The van der Waals surface area contributed by atoms with Crippen molar-refractivity contribution >= 4 is 37.7 Å². The van der Waals surface area contributed by atoms with Crippen molar-refractivity contribution in [2.75, 3.05) is 32.6 Å². The van der Waals surface area contributed by atoms with Gasteiger partial charge in [-0.3, -0.25) is 0 Å². The van der Waals surface area contributed by atoms with Gasteiger partial charge in [-0.1, -0.05) is 0 Å². The predicted molar refractivity (Wildman–Crippen MR) is 83.2 cm³/mol. The first-order valence-corrected chi connectivity index (χ1v) is 7.73. The largest absolute Gasteiger partial charge is 0.357 e. The molecule has 1 aliphatic rings. The lowest BCUT2D eigenvalue weighted by molar-refractivity contribution is 0.0681. The maximum Gasteiger partial charge on any atom is 0.142 e. The van der Waals surface area contributed by atoms with Crippen molar-refractivity contribution in [3.8, 4) is 0 Å². The molecule has 100 valence electrons. The van der Waals surface area contributed by atoms with E-state index in [0.717, 1.165) is 21.3 Å². The molecular formula is C13H19Br2N3. The average molecular weight is 377 g/mol. The van der Waals surface area contributed by atoms with Crippen LogP contribution in [0.15, 0.2) is 21.2 Å². The first-order valence-electron chi connectivity index (χ1n) is 6.14. The van der Waals surface area contributed by atoms with Crippen molar-refractivity contribution in [3.05, 3.63) is 21.2 Å². The van der Waals surface area contributed by atoms with Crippen molar-refractivity contribution < 1.29 is 0 Å². The van der Waals surface area contributed by atoms with Crippen LogP contribution in [0.2, 0.25) is 0 Å². The van der Waals surface area contributed by atoms with Gasteiger partial charge in [-0.05, 0) is 71.3 Å². The van der Waals surface area contributed by atoms with Gasteiger partial charge >= 0.3 is 0 Å². The minimum atomic E-state index is 0.322. The highest BCUT2D eigenvalue weighted by molar-refractivity contribution is 9.11. The molecule has 0 atom stereocenters. The summed E-state index contributed by atoms with van der Waals surface area (Å²) >= 11 is 7.02. The highest BCUT2D eigenvalue weighted by Crippen LogP contribution is 2.38. The Kier molecular flexibility index (Phi) is 4.34. The summed E-state index contributed by atoms with van der Waals surface area (Å²) in [5.74, 6) is 1.01. The molecule has 0 aliphatic heterocycles. The van der Waals surface area contributed by atoms with E-state index in [9.17, 15) is 0 Å². The molecule has 18 heavy (non-hydrogen) atoms. The van der Waals surface area contributed by atoms with Crippen LogP contribution in [-0.4, -0.2) is 43.1 Å². The number of likely N-dealkylation sites (N-methyl/N-ethyl adjacent to an activating group) is 2. The Balaban J connectivity index is 2.14. The van der Waals surface area contributed by atoms with E-state index in [-0.39, 0.29) is 0 Å². The van der Waals surface area contributed by atoms with Crippen LogP contribution in [0.25, 0.3) is 0 Å². The maximum absolute atomic E-state index is 4.49. The highest BCUT2D eigenvalue weighted by atomic mass is 79.9. The first kappa shape index (κ1) is 14.3. The van der Waals surface area contributed by atoms with Gasteiger partial charge in [0, 0.05) is 29.8 Å². The molecule has 0 N–H and O–H groups in total. The van der Waals surface area contributed by atoms with Crippen molar-refractivity contribution in [2.24, 2.45) is 0 Å². The van der Waals surface area contributed by atoms with Gasteiger partial charge < -0.3 is 9.80 Å². The summed E-state index contributed by atoms with van der Waals surface area (Å²) in [5.41, 5.74) is 0.322. The standard InChI is InChI=1S/C13H19Br2N3/c1-17(2)13(5-4-6-13)9-18(3)12-11(15)7-10(14)8-16-12/h7-8H,4-6,9H2,1-3H3. The average Bonchev–Trinajstić information content (AvgIpc) is 2.22. The van der Waals surface area contributed by atoms with Crippen LogP contribution < -0.4 is 4.90 Å². The van der Waals surface area contributed by atoms with E-state index in [1.54, 1.807) is 0 Å². The zero-order valence-electron chi connectivity index (χ0n) is 11.1. The molecular weight excluding hydrogens is 358 g/mol. The second kappa shape index (κ2) is 5.47. The van der Waals surface area contributed by atoms with E-state index in [0.29, 0.717) is 5.54 Å². The molecule has 1 aromatic heterocycles. The van der Waals surface area contributed by atoms with Gasteiger partial charge in [-0.25, -0.2) is 4.98 Å². The van der Waals surface area contributed by atoms with E-state index >= 15 is 0 Å². The van der Waals surface area contributed by atoms with Gasteiger partial charge in [-0.2, -0.15) is 0 Å². The third-order valence-corrected chi connectivity index (χ3v) is 4.93. The molecule has 5 heteroatoms. The minimum Gasteiger partial charge on any atom is -0.357 e. The topological polar surface area (TPSA) is 19.4 Å². The number of nitrogens with zero attached hydrogens (tertiary/aromatic N) is 3. The Morgan fingerprint density at radius 2 is 1.94 bits per heavy atom. The molecule has 0 radical (unpaired) electrons. The van der Waals surface area contributed by atoms with Crippen LogP contribution in [0, 0.1) is 0 Å². The van der Waals surface area contributed by atoms with Gasteiger partial charge in [0.2, 0.25) is 0 Å². The monoisotopic (exact) mass is 375 g/mol. The van der Waals surface area contributed by atoms with Crippen molar-refractivity contribution in [3.63, 3.8) is 0 Å². The smallest absolute Gasteiger partial charge is 0.142 e. The summed E-state index contributed by atoms with van der Waals surface area (Å²) in [5, 5.41) is 0. The lowest BCUT2D eigenvalue weighted by atomic mass is 9.75. The summed E-state index contributed by atoms with van der Waals surface area (Å²) in [6.07, 6.45) is 5.73. The number of aromatic nitrogens is 1. The fraction of sp³-hybridized carbons (Fsp3) is 0.615. The first-order chi connectivity index (χ1) is 8.44. The Hall–Kier alpha value is -0.130. The molecule has 0 aromatic carbocycles. The normalized spacial score (nSPS) is 17.7. The third-order valence-electron chi connectivity index (χ3n) is 3.91. The fourth-order valence-electron chi connectivity index (χ4n) is 2.54. The SMILES string of the molecule is CN(CC1(N(C)C)CCC1)c1ncc(Br)cc1Br. The van der Waals surface area contributed by atoms with Crippen LogP contribution in [0.5, 0.6) is 0 Å². The molecule has 1 heterocycles. The Morgan fingerprint density at radius 3 is 2.39 bits per heavy atom. The molecule has 0 amide bonds. The maximum atomic E-state index is 4.49. The second-order valence-electron chi connectivity index (χ2n) is 5.29. The Labute approximate surface area is 126 Å². The van der Waals surface area contributed by atoms with E-state index < -0.39 is 0 Å². The number of hydrogen-bond donors (Lipinski definition) is 0. The summed E-state index contributed by atoms with van der Waals surface area (Å²) in [4.78, 5) is 9.10. The highest BCUT2D eigenvalue weighted by Gasteiger charge is 2.40. The zero-order valence-corrected chi connectivity index (χ0v) is 14.3. The molecule has 0 saturated heterocycles. The molecule has 0 unspecified atom stereocenters.